The third-order valence-corrected chi connectivity index (χ3v) is 6.99. The lowest BCUT2D eigenvalue weighted by Crippen LogP contribution is -2.40. The van der Waals surface area contributed by atoms with Crippen LogP contribution in [0.3, 0.4) is 0 Å². The van der Waals surface area contributed by atoms with Gasteiger partial charge in [-0.3, -0.25) is 4.79 Å². The van der Waals surface area contributed by atoms with Crippen LogP contribution in [0.25, 0.3) is 11.1 Å². The Morgan fingerprint density at radius 1 is 1.04 bits per heavy atom. The van der Waals surface area contributed by atoms with Crippen molar-refractivity contribution in [3.05, 3.63) is 48.5 Å². The summed E-state index contributed by atoms with van der Waals surface area (Å²) in [6, 6.07) is 18.5. The van der Waals surface area contributed by atoms with E-state index < -0.39 is 0 Å². The summed E-state index contributed by atoms with van der Waals surface area (Å²) in [7, 11) is 2.30. The number of benzene rings is 2. The van der Waals surface area contributed by atoms with Crippen LogP contribution in [0, 0.1) is 0 Å². The van der Waals surface area contributed by atoms with Crippen molar-refractivity contribution in [2.24, 2.45) is 0 Å². The van der Waals surface area contributed by atoms with Gasteiger partial charge in [0, 0.05) is 34.8 Å². The highest BCUT2D eigenvalue weighted by atomic mass is 32.2. The molecule has 2 aliphatic heterocycles. The van der Waals surface area contributed by atoms with Gasteiger partial charge in [0.25, 0.3) is 0 Å². The molecule has 2 atom stereocenters. The summed E-state index contributed by atoms with van der Waals surface area (Å²) >= 11 is 2.05. The van der Waals surface area contributed by atoms with Crippen LogP contribution in [0.15, 0.2) is 53.4 Å². The summed E-state index contributed by atoms with van der Waals surface area (Å²) in [6.07, 6.45) is 5.39. The van der Waals surface area contributed by atoms with Crippen LogP contribution < -0.4 is 5.32 Å². The fourth-order valence-electron chi connectivity index (χ4n) is 4.36. The molecule has 0 radical (unpaired) electrons. The second kappa shape index (κ2) is 7.45. The van der Waals surface area contributed by atoms with E-state index in [1.807, 2.05) is 30.0 Å². The van der Waals surface area contributed by atoms with Crippen LogP contribution in [0.4, 0.5) is 5.69 Å². The number of carbonyl (C=O) groups excluding carboxylic acids is 1. The van der Waals surface area contributed by atoms with Crippen LogP contribution in [-0.2, 0) is 4.79 Å². The molecule has 2 heterocycles. The number of thioether (sulfide) groups is 1. The number of nitrogens with zero attached hydrogens (tertiary/aromatic N) is 1. The SMILES string of the molecule is CC(=O)Nc1cccc(-c2ccc(SC3CC4CCC(C3)N4C)cc2)c1. The van der Waals surface area contributed by atoms with E-state index in [1.165, 1.54) is 43.1 Å². The maximum atomic E-state index is 11.2. The number of rotatable bonds is 4. The summed E-state index contributed by atoms with van der Waals surface area (Å²) in [5.41, 5.74) is 3.16. The van der Waals surface area contributed by atoms with Gasteiger partial charge in [0.05, 0.1) is 0 Å². The number of piperidine rings is 1. The van der Waals surface area contributed by atoms with Crippen molar-refractivity contribution in [1.82, 2.24) is 4.90 Å². The molecule has 2 bridgehead atoms. The minimum Gasteiger partial charge on any atom is -0.326 e. The summed E-state index contributed by atoms with van der Waals surface area (Å²) in [4.78, 5) is 15.2. The topological polar surface area (TPSA) is 32.3 Å². The number of anilines is 1. The first-order valence-corrected chi connectivity index (χ1v) is 10.3. The zero-order valence-corrected chi connectivity index (χ0v) is 16.3. The molecule has 2 aromatic rings. The van der Waals surface area contributed by atoms with Gasteiger partial charge < -0.3 is 10.2 Å². The highest BCUT2D eigenvalue weighted by Crippen LogP contribution is 2.41. The molecule has 2 fully saturated rings. The molecule has 0 aromatic heterocycles. The molecule has 4 rings (SSSR count). The molecule has 136 valence electrons. The highest BCUT2D eigenvalue weighted by molar-refractivity contribution is 8.00. The van der Waals surface area contributed by atoms with Gasteiger partial charge in [0.2, 0.25) is 5.91 Å². The van der Waals surface area contributed by atoms with E-state index >= 15 is 0 Å². The molecule has 26 heavy (non-hydrogen) atoms. The Labute approximate surface area is 160 Å². The maximum Gasteiger partial charge on any atom is 0.221 e. The van der Waals surface area contributed by atoms with E-state index in [0.29, 0.717) is 0 Å². The van der Waals surface area contributed by atoms with E-state index in [-0.39, 0.29) is 5.91 Å². The van der Waals surface area contributed by atoms with Crippen LogP contribution in [-0.4, -0.2) is 35.2 Å². The Bertz CT molecular complexity index is 775. The summed E-state index contributed by atoms with van der Waals surface area (Å²) < 4.78 is 0. The van der Waals surface area contributed by atoms with Gasteiger partial charge in [0.15, 0.2) is 0 Å². The van der Waals surface area contributed by atoms with Crippen LogP contribution in [0.5, 0.6) is 0 Å². The lowest BCUT2D eigenvalue weighted by molar-refractivity contribution is -0.114. The normalized spacial score (nSPS) is 25.2. The highest BCUT2D eigenvalue weighted by Gasteiger charge is 2.38. The predicted octanol–water partition coefficient (Wildman–Crippen LogP) is 5.03. The predicted molar refractivity (Wildman–Crippen MR) is 110 cm³/mol. The monoisotopic (exact) mass is 366 g/mol. The number of carbonyl (C=O) groups is 1. The number of amides is 1. The Morgan fingerprint density at radius 3 is 2.38 bits per heavy atom. The molecule has 2 saturated heterocycles. The fourth-order valence-corrected chi connectivity index (χ4v) is 5.67. The quantitative estimate of drug-likeness (QED) is 0.824. The van der Waals surface area contributed by atoms with Gasteiger partial charge in [-0.1, -0.05) is 24.3 Å². The van der Waals surface area contributed by atoms with Crippen LogP contribution in [0.1, 0.15) is 32.6 Å². The standard InChI is InChI=1S/C22H26N2OS/c1-15(25)23-18-5-3-4-17(12-18)16-6-10-21(11-7-16)26-22-13-19-8-9-20(14-22)24(19)2/h3-7,10-12,19-20,22H,8-9,13-14H2,1-2H3,(H,23,25). The molecular formula is C22H26N2OS. The van der Waals surface area contributed by atoms with E-state index in [9.17, 15) is 4.79 Å². The van der Waals surface area contributed by atoms with Gasteiger partial charge in [-0.15, -0.1) is 11.8 Å². The second-order valence-corrected chi connectivity index (χ2v) is 8.92. The van der Waals surface area contributed by atoms with Gasteiger partial charge in [-0.05, 0) is 68.1 Å². The Balaban J connectivity index is 1.43. The van der Waals surface area contributed by atoms with E-state index in [1.54, 1.807) is 0 Å². The Kier molecular flexibility index (Phi) is 5.05. The molecule has 2 unspecified atom stereocenters. The maximum absolute atomic E-state index is 11.2. The molecule has 0 spiro atoms. The van der Waals surface area contributed by atoms with Gasteiger partial charge >= 0.3 is 0 Å². The molecule has 1 amide bonds. The minimum atomic E-state index is -0.0407. The third kappa shape index (κ3) is 3.81. The lowest BCUT2D eigenvalue weighted by atomic mass is 10.0. The number of hydrogen-bond donors (Lipinski definition) is 1. The molecule has 4 heteroatoms. The molecule has 2 aliphatic rings. The van der Waals surface area contributed by atoms with E-state index in [2.05, 4.69) is 47.6 Å². The second-order valence-electron chi connectivity index (χ2n) is 7.55. The van der Waals surface area contributed by atoms with E-state index in [0.717, 1.165) is 28.6 Å². The summed E-state index contributed by atoms with van der Waals surface area (Å²) in [6.45, 7) is 1.54. The van der Waals surface area contributed by atoms with Crippen LogP contribution >= 0.6 is 11.8 Å². The fraction of sp³-hybridized carbons (Fsp3) is 0.409. The van der Waals surface area contributed by atoms with E-state index in [4.69, 9.17) is 0 Å². The zero-order chi connectivity index (χ0) is 18.1. The van der Waals surface area contributed by atoms with Crippen molar-refractivity contribution in [2.75, 3.05) is 12.4 Å². The number of nitrogens with one attached hydrogen (secondary N) is 1. The molecule has 0 saturated carbocycles. The third-order valence-electron chi connectivity index (χ3n) is 5.73. The summed E-state index contributed by atoms with van der Waals surface area (Å²) in [5.74, 6) is -0.0407. The Hall–Kier alpha value is -1.78. The molecule has 3 nitrogen and oxygen atoms in total. The zero-order valence-electron chi connectivity index (χ0n) is 15.4. The average molecular weight is 367 g/mol. The van der Waals surface area contributed by atoms with Crippen molar-refractivity contribution >= 4 is 23.4 Å². The first kappa shape index (κ1) is 17.6. The molecule has 2 aromatic carbocycles. The molecule has 1 N–H and O–H groups in total. The summed E-state index contributed by atoms with van der Waals surface area (Å²) in [5, 5.41) is 3.60. The largest absolute Gasteiger partial charge is 0.326 e. The van der Waals surface area contributed by atoms with Crippen molar-refractivity contribution in [3.63, 3.8) is 0 Å². The van der Waals surface area contributed by atoms with Crippen molar-refractivity contribution < 1.29 is 4.79 Å². The van der Waals surface area contributed by atoms with Gasteiger partial charge in [-0.25, -0.2) is 0 Å². The molecular weight excluding hydrogens is 340 g/mol. The Morgan fingerprint density at radius 2 is 1.73 bits per heavy atom. The number of fused-ring (bicyclic) bond motifs is 2. The van der Waals surface area contributed by atoms with Crippen molar-refractivity contribution in [1.29, 1.82) is 0 Å². The van der Waals surface area contributed by atoms with Crippen molar-refractivity contribution in [2.45, 2.75) is 54.8 Å². The van der Waals surface area contributed by atoms with Crippen molar-refractivity contribution in [3.8, 4) is 11.1 Å². The minimum absolute atomic E-state index is 0.0407. The smallest absolute Gasteiger partial charge is 0.221 e. The average Bonchev–Trinajstić information content (AvgIpc) is 2.83. The van der Waals surface area contributed by atoms with Gasteiger partial charge in [-0.2, -0.15) is 0 Å². The van der Waals surface area contributed by atoms with Gasteiger partial charge in [0.1, 0.15) is 0 Å². The lowest BCUT2D eigenvalue weighted by Gasteiger charge is -2.36. The first-order valence-electron chi connectivity index (χ1n) is 9.45. The molecule has 0 aliphatic carbocycles. The number of hydrogen-bond acceptors (Lipinski definition) is 3. The van der Waals surface area contributed by atoms with Crippen LogP contribution in [0.2, 0.25) is 0 Å². The first-order chi connectivity index (χ1) is 12.6.